The van der Waals surface area contributed by atoms with Crippen LogP contribution in [0, 0.1) is 5.92 Å². The summed E-state index contributed by atoms with van der Waals surface area (Å²) in [5.41, 5.74) is 0. The van der Waals surface area contributed by atoms with Crippen molar-refractivity contribution < 1.29 is 9.13 Å². The lowest BCUT2D eigenvalue weighted by atomic mass is 9.96. The fraction of sp³-hybridized carbons (Fsp3) is 1.00. The smallest absolute Gasteiger partial charge is 0.113 e. The Morgan fingerprint density at radius 3 is 2.60 bits per heavy atom. The van der Waals surface area contributed by atoms with Crippen molar-refractivity contribution in [3.8, 4) is 0 Å². The summed E-state index contributed by atoms with van der Waals surface area (Å²) in [5.74, 6) is 0.230. The molecule has 1 saturated heterocycles. The second kappa shape index (κ2) is 4.29. The van der Waals surface area contributed by atoms with E-state index in [1.165, 1.54) is 0 Å². The zero-order valence-electron chi connectivity index (χ0n) is 5.85. The van der Waals surface area contributed by atoms with Crippen LogP contribution in [-0.4, -0.2) is 24.7 Å². The van der Waals surface area contributed by atoms with E-state index in [9.17, 15) is 4.39 Å². The van der Waals surface area contributed by atoms with Crippen LogP contribution in [0.1, 0.15) is 12.8 Å². The highest BCUT2D eigenvalue weighted by Crippen LogP contribution is 2.21. The number of ether oxygens (including phenoxy) is 1. The van der Waals surface area contributed by atoms with Crippen LogP contribution < -0.4 is 0 Å². The summed E-state index contributed by atoms with van der Waals surface area (Å²) in [4.78, 5) is 0. The van der Waals surface area contributed by atoms with E-state index in [4.69, 9.17) is 4.74 Å². The predicted octanol–water partition coefficient (Wildman–Crippen LogP) is 2.15. The van der Waals surface area contributed by atoms with Gasteiger partial charge in [-0.25, -0.2) is 4.39 Å². The number of alkyl halides is 2. The van der Waals surface area contributed by atoms with E-state index >= 15 is 0 Å². The van der Waals surface area contributed by atoms with Crippen molar-refractivity contribution in [2.75, 3.05) is 18.5 Å². The van der Waals surface area contributed by atoms with Crippen LogP contribution in [0.2, 0.25) is 0 Å². The average molecular weight is 211 g/mol. The Kier molecular flexibility index (Phi) is 3.63. The first-order valence-corrected chi connectivity index (χ1v) is 4.74. The van der Waals surface area contributed by atoms with Crippen LogP contribution in [0.15, 0.2) is 0 Å². The minimum Gasteiger partial charge on any atom is -0.381 e. The summed E-state index contributed by atoms with van der Waals surface area (Å²) in [6, 6.07) is 0. The largest absolute Gasteiger partial charge is 0.381 e. The van der Waals surface area contributed by atoms with E-state index in [1.807, 2.05) is 0 Å². The van der Waals surface area contributed by atoms with Gasteiger partial charge in [0.25, 0.3) is 0 Å². The maximum absolute atomic E-state index is 12.9. The van der Waals surface area contributed by atoms with Crippen molar-refractivity contribution in [3.63, 3.8) is 0 Å². The lowest BCUT2D eigenvalue weighted by Gasteiger charge is -2.23. The van der Waals surface area contributed by atoms with Crippen molar-refractivity contribution in [2.24, 2.45) is 5.92 Å². The molecule has 1 rings (SSSR count). The minimum absolute atomic E-state index is 0.230. The van der Waals surface area contributed by atoms with E-state index in [1.54, 1.807) is 0 Å². The molecule has 10 heavy (non-hydrogen) atoms. The van der Waals surface area contributed by atoms with Crippen molar-refractivity contribution in [1.29, 1.82) is 0 Å². The summed E-state index contributed by atoms with van der Waals surface area (Å²) in [7, 11) is 0. The van der Waals surface area contributed by atoms with Gasteiger partial charge in [0.1, 0.15) is 6.17 Å². The molecule has 1 aliphatic rings. The van der Waals surface area contributed by atoms with Gasteiger partial charge in [-0.2, -0.15) is 0 Å². The SMILES string of the molecule is F[C@H](CBr)C1CCOCC1. The van der Waals surface area contributed by atoms with Crippen LogP contribution in [0.5, 0.6) is 0 Å². The molecule has 1 aliphatic heterocycles. The molecule has 0 radical (unpaired) electrons. The van der Waals surface area contributed by atoms with E-state index in [0.717, 1.165) is 26.1 Å². The van der Waals surface area contributed by atoms with E-state index in [2.05, 4.69) is 15.9 Å². The molecule has 0 aliphatic carbocycles. The number of hydrogen-bond acceptors (Lipinski definition) is 1. The molecule has 0 unspecified atom stereocenters. The summed E-state index contributed by atoms with van der Waals surface area (Å²) in [6.07, 6.45) is 1.09. The monoisotopic (exact) mass is 210 g/mol. The van der Waals surface area contributed by atoms with Crippen LogP contribution in [0.3, 0.4) is 0 Å². The number of halogens is 2. The fourth-order valence-corrected chi connectivity index (χ4v) is 1.73. The molecule has 1 atom stereocenters. The predicted molar refractivity (Wildman–Crippen MR) is 42.2 cm³/mol. The summed E-state index contributed by atoms with van der Waals surface area (Å²) in [5, 5.41) is 0.470. The van der Waals surface area contributed by atoms with E-state index < -0.39 is 6.17 Å². The molecule has 0 N–H and O–H groups in total. The highest BCUT2D eigenvalue weighted by atomic mass is 79.9. The van der Waals surface area contributed by atoms with Gasteiger partial charge in [0.05, 0.1) is 0 Å². The van der Waals surface area contributed by atoms with Gasteiger partial charge < -0.3 is 4.74 Å². The van der Waals surface area contributed by atoms with Gasteiger partial charge in [-0.05, 0) is 18.8 Å². The standard InChI is InChI=1S/C7H12BrFO/c8-5-7(9)6-1-3-10-4-2-6/h6-7H,1-5H2/t7-/m1/s1. The van der Waals surface area contributed by atoms with Crippen molar-refractivity contribution >= 4 is 15.9 Å². The molecular formula is C7H12BrFO. The van der Waals surface area contributed by atoms with Crippen LogP contribution in [-0.2, 0) is 4.74 Å². The van der Waals surface area contributed by atoms with E-state index in [0.29, 0.717) is 5.33 Å². The summed E-state index contributed by atoms with van der Waals surface area (Å²) < 4.78 is 18.0. The van der Waals surface area contributed by atoms with E-state index in [-0.39, 0.29) is 5.92 Å². The highest BCUT2D eigenvalue weighted by molar-refractivity contribution is 9.09. The van der Waals surface area contributed by atoms with Gasteiger partial charge in [-0.1, -0.05) is 15.9 Å². The molecule has 0 saturated carbocycles. The Balaban J connectivity index is 2.24. The third-order valence-corrected chi connectivity index (χ3v) is 2.54. The maximum Gasteiger partial charge on any atom is 0.113 e. The lowest BCUT2D eigenvalue weighted by Crippen LogP contribution is -2.25. The third-order valence-electron chi connectivity index (χ3n) is 1.92. The molecule has 0 aromatic heterocycles. The first-order chi connectivity index (χ1) is 4.84. The molecule has 0 bridgehead atoms. The third kappa shape index (κ3) is 2.20. The van der Waals surface area contributed by atoms with Crippen molar-refractivity contribution in [2.45, 2.75) is 19.0 Å². The first-order valence-electron chi connectivity index (χ1n) is 3.62. The normalized spacial score (nSPS) is 24.6. The summed E-state index contributed by atoms with van der Waals surface area (Å²) in [6.45, 7) is 1.47. The molecule has 0 amide bonds. The van der Waals surface area contributed by atoms with Gasteiger partial charge in [0.15, 0.2) is 0 Å². The molecular weight excluding hydrogens is 199 g/mol. The van der Waals surface area contributed by atoms with Crippen LogP contribution in [0.25, 0.3) is 0 Å². The van der Waals surface area contributed by atoms with Gasteiger partial charge in [-0.15, -0.1) is 0 Å². The Morgan fingerprint density at radius 2 is 2.10 bits per heavy atom. The van der Waals surface area contributed by atoms with Crippen LogP contribution in [0.4, 0.5) is 4.39 Å². The quantitative estimate of drug-likeness (QED) is 0.636. The zero-order chi connectivity index (χ0) is 7.40. The lowest BCUT2D eigenvalue weighted by molar-refractivity contribution is 0.0422. The summed E-state index contributed by atoms with van der Waals surface area (Å²) >= 11 is 3.13. The Morgan fingerprint density at radius 1 is 1.50 bits per heavy atom. The van der Waals surface area contributed by atoms with Crippen LogP contribution >= 0.6 is 15.9 Å². The second-order valence-corrected chi connectivity index (χ2v) is 3.27. The Bertz CT molecular complexity index is 93.6. The van der Waals surface area contributed by atoms with Gasteiger partial charge in [0.2, 0.25) is 0 Å². The minimum atomic E-state index is -0.677. The molecule has 0 aromatic rings. The average Bonchev–Trinajstić information content (AvgIpc) is 2.05. The topological polar surface area (TPSA) is 9.23 Å². The molecule has 0 spiro atoms. The molecule has 0 aromatic carbocycles. The molecule has 1 nitrogen and oxygen atoms in total. The molecule has 1 fully saturated rings. The second-order valence-electron chi connectivity index (χ2n) is 2.62. The Hall–Kier alpha value is 0.370. The highest BCUT2D eigenvalue weighted by Gasteiger charge is 2.22. The Labute approximate surface area is 69.1 Å². The van der Waals surface area contributed by atoms with Crippen molar-refractivity contribution in [1.82, 2.24) is 0 Å². The van der Waals surface area contributed by atoms with Gasteiger partial charge >= 0.3 is 0 Å². The van der Waals surface area contributed by atoms with Gasteiger partial charge in [0, 0.05) is 18.5 Å². The zero-order valence-corrected chi connectivity index (χ0v) is 7.44. The number of hydrogen-bond donors (Lipinski definition) is 0. The van der Waals surface area contributed by atoms with Crippen molar-refractivity contribution in [3.05, 3.63) is 0 Å². The molecule has 60 valence electrons. The number of rotatable bonds is 2. The molecule has 1 heterocycles. The fourth-order valence-electron chi connectivity index (χ4n) is 1.20. The van der Waals surface area contributed by atoms with Gasteiger partial charge in [-0.3, -0.25) is 0 Å². The maximum atomic E-state index is 12.9. The molecule has 3 heteroatoms. The first kappa shape index (κ1) is 8.47.